The third kappa shape index (κ3) is 5.64. The number of hydrogen-bond acceptors (Lipinski definition) is 7. The van der Waals surface area contributed by atoms with E-state index < -0.39 is 47.4 Å². The van der Waals surface area contributed by atoms with Gasteiger partial charge in [0.15, 0.2) is 5.69 Å². The topological polar surface area (TPSA) is 108 Å². The average Bonchev–Trinajstić information content (AvgIpc) is 2.76. The third-order valence-electron chi connectivity index (χ3n) is 5.63. The molecule has 0 fully saturated rings. The van der Waals surface area contributed by atoms with Gasteiger partial charge in [-0.2, -0.15) is 13.2 Å². The van der Waals surface area contributed by atoms with Crippen molar-refractivity contribution in [3.05, 3.63) is 51.5 Å². The summed E-state index contributed by atoms with van der Waals surface area (Å²) in [5.41, 5.74) is 5.11. The Morgan fingerprint density at radius 3 is 2.42 bits per heavy atom. The Morgan fingerprint density at radius 2 is 1.86 bits per heavy atom. The number of esters is 1. The van der Waals surface area contributed by atoms with E-state index in [1.165, 1.54) is 17.2 Å². The highest BCUT2D eigenvalue weighted by Crippen LogP contribution is 2.44. The Bertz CT molecular complexity index is 1150. The van der Waals surface area contributed by atoms with Crippen LogP contribution in [0.2, 0.25) is 0 Å². The van der Waals surface area contributed by atoms with E-state index in [9.17, 15) is 22.8 Å². The van der Waals surface area contributed by atoms with Gasteiger partial charge in [0.25, 0.3) is 0 Å². The lowest BCUT2D eigenvalue weighted by molar-refractivity contribution is -0.137. The quantitative estimate of drug-likeness (QED) is 0.487. The van der Waals surface area contributed by atoms with Gasteiger partial charge in [-0.25, -0.2) is 19.6 Å². The number of amides is 1. The number of nitrogens with two attached hydrogens (primary N) is 1. The predicted octanol–water partition coefficient (Wildman–Crippen LogP) is 5.43. The largest absolute Gasteiger partial charge is 0.455 e. The number of fused-ring (bicyclic) bond motifs is 1. The molecule has 3 unspecified atom stereocenters. The minimum atomic E-state index is -4.64. The molecule has 2 N–H and O–H groups in total. The van der Waals surface area contributed by atoms with Crippen molar-refractivity contribution >= 4 is 33.7 Å². The SMILES string of the molecule is CCOC(=O)N1c2ccc(C(F)(F)F)cc2C(c2ncc(Br)c(C(=O)OC(C)(C)C)n2)C(N)C1CC. The summed E-state index contributed by atoms with van der Waals surface area (Å²) in [6.07, 6.45) is -3.64. The summed E-state index contributed by atoms with van der Waals surface area (Å²) >= 11 is 3.24. The summed E-state index contributed by atoms with van der Waals surface area (Å²) in [4.78, 5) is 35.6. The third-order valence-corrected chi connectivity index (χ3v) is 6.21. The van der Waals surface area contributed by atoms with E-state index in [1.54, 1.807) is 34.6 Å². The van der Waals surface area contributed by atoms with Crippen LogP contribution in [0.1, 0.15) is 74.4 Å². The van der Waals surface area contributed by atoms with Crippen LogP contribution in [-0.2, 0) is 15.7 Å². The fraction of sp³-hybridized carbons (Fsp3) is 0.500. The molecule has 1 aromatic heterocycles. The molecule has 0 saturated heterocycles. The van der Waals surface area contributed by atoms with Crippen molar-refractivity contribution in [2.75, 3.05) is 11.5 Å². The Morgan fingerprint density at radius 1 is 1.19 bits per heavy atom. The van der Waals surface area contributed by atoms with Crippen molar-refractivity contribution in [1.29, 1.82) is 0 Å². The molecule has 1 aliphatic rings. The van der Waals surface area contributed by atoms with Gasteiger partial charge in [0.1, 0.15) is 11.4 Å². The lowest BCUT2D eigenvalue weighted by Crippen LogP contribution is -2.57. The summed E-state index contributed by atoms with van der Waals surface area (Å²) in [6.45, 7) is 8.61. The van der Waals surface area contributed by atoms with E-state index in [1.807, 2.05) is 0 Å². The normalized spacial score (nSPS) is 20.1. The molecule has 3 atom stereocenters. The minimum Gasteiger partial charge on any atom is -0.455 e. The molecule has 2 aromatic rings. The van der Waals surface area contributed by atoms with Crippen LogP contribution in [0.3, 0.4) is 0 Å². The minimum absolute atomic E-state index is 0.0362. The van der Waals surface area contributed by atoms with Crippen LogP contribution in [0.15, 0.2) is 28.9 Å². The molecule has 8 nitrogen and oxygen atoms in total. The second kappa shape index (κ2) is 10.3. The van der Waals surface area contributed by atoms with E-state index in [0.29, 0.717) is 6.42 Å². The molecule has 1 aliphatic heterocycles. The van der Waals surface area contributed by atoms with Crippen molar-refractivity contribution in [3.8, 4) is 0 Å². The van der Waals surface area contributed by atoms with E-state index in [0.717, 1.165) is 12.1 Å². The summed E-state index contributed by atoms with van der Waals surface area (Å²) in [7, 11) is 0. The van der Waals surface area contributed by atoms with Gasteiger partial charge in [-0.05, 0) is 73.8 Å². The maximum atomic E-state index is 13.6. The maximum absolute atomic E-state index is 13.6. The van der Waals surface area contributed by atoms with Gasteiger partial charge in [0.05, 0.1) is 34.3 Å². The number of ether oxygens (including phenoxy) is 2. The molecule has 12 heteroatoms. The molecule has 0 aliphatic carbocycles. The molecule has 0 bridgehead atoms. The summed E-state index contributed by atoms with van der Waals surface area (Å²) in [6, 6.07) is 1.54. The first-order valence-corrected chi connectivity index (χ1v) is 12.2. The number of anilines is 1. The summed E-state index contributed by atoms with van der Waals surface area (Å²) < 4.78 is 51.8. The predicted molar refractivity (Wildman–Crippen MR) is 130 cm³/mol. The molecule has 0 radical (unpaired) electrons. The van der Waals surface area contributed by atoms with Crippen LogP contribution < -0.4 is 10.6 Å². The van der Waals surface area contributed by atoms with Gasteiger partial charge >= 0.3 is 18.2 Å². The zero-order chi connectivity index (χ0) is 27.0. The molecule has 2 heterocycles. The fourth-order valence-corrected chi connectivity index (χ4v) is 4.53. The molecule has 0 saturated carbocycles. The average molecular weight is 573 g/mol. The number of carbonyl (C=O) groups is 2. The number of benzene rings is 1. The van der Waals surface area contributed by atoms with E-state index in [2.05, 4.69) is 25.9 Å². The highest BCUT2D eigenvalue weighted by atomic mass is 79.9. The Labute approximate surface area is 215 Å². The van der Waals surface area contributed by atoms with Crippen molar-refractivity contribution < 1.29 is 32.2 Å². The van der Waals surface area contributed by atoms with Crippen molar-refractivity contribution in [1.82, 2.24) is 9.97 Å². The highest BCUT2D eigenvalue weighted by molar-refractivity contribution is 9.10. The van der Waals surface area contributed by atoms with E-state index in [4.69, 9.17) is 15.2 Å². The second-order valence-electron chi connectivity index (χ2n) is 9.30. The first-order chi connectivity index (χ1) is 16.7. The monoisotopic (exact) mass is 572 g/mol. The molecular formula is C24H28BrF3N4O4. The number of rotatable bonds is 4. The van der Waals surface area contributed by atoms with Gasteiger partial charge in [-0.15, -0.1) is 0 Å². The van der Waals surface area contributed by atoms with Gasteiger partial charge in [-0.3, -0.25) is 4.90 Å². The number of carbonyl (C=O) groups excluding carboxylic acids is 2. The zero-order valence-corrected chi connectivity index (χ0v) is 22.1. The van der Waals surface area contributed by atoms with Crippen LogP contribution in [0, 0.1) is 0 Å². The molecular weight excluding hydrogens is 545 g/mol. The second-order valence-corrected chi connectivity index (χ2v) is 10.2. The molecule has 36 heavy (non-hydrogen) atoms. The molecule has 0 spiro atoms. The lowest BCUT2D eigenvalue weighted by Gasteiger charge is -2.43. The van der Waals surface area contributed by atoms with Crippen molar-refractivity contribution in [2.45, 2.75) is 70.8 Å². The number of hydrogen-bond donors (Lipinski definition) is 1. The van der Waals surface area contributed by atoms with Crippen LogP contribution in [0.25, 0.3) is 0 Å². The van der Waals surface area contributed by atoms with Crippen LogP contribution in [0.5, 0.6) is 0 Å². The first-order valence-electron chi connectivity index (χ1n) is 11.4. The lowest BCUT2D eigenvalue weighted by atomic mass is 9.79. The molecule has 196 valence electrons. The van der Waals surface area contributed by atoms with Crippen molar-refractivity contribution in [3.63, 3.8) is 0 Å². The van der Waals surface area contributed by atoms with Gasteiger partial charge < -0.3 is 15.2 Å². The van der Waals surface area contributed by atoms with Gasteiger partial charge in [0, 0.05) is 12.2 Å². The smallest absolute Gasteiger partial charge is 0.416 e. The first kappa shape index (κ1) is 27.9. The molecule has 1 amide bonds. The Kier molecular flexibility index (Phi) is 7.99. The van der Waals surface area contributed by atoms with Gasteiger partial charge in [0.2, 0.25) is 0 Å². The van der Waals surface area contributed by atoms with Gasteiger partial charge in [-0.1, -0.05) is 6.92 Å². The van der Waals surface area contributed by atoms with Crippen LogP contribution >= 0.6 is 15.9 Å². The highest BCUT2D eigenvalue weighted by Gasteiger charge is 2.45. The fourth-order valence-electron chi connectivity index (χ4n) is 4.17. The number of halogens is 4. The Balaban J connectivity index is 2.23. The Hall–Kier alpha value is -2.73. The standard InChI is InChI=1S/C24H28BrF3N4O4/c1-6-15-18(29)17(20-30-11-14(25)19(31-20)21(33)36-23(3,4)5)13-10-12(24(26,27)28)8-9-16(13)32(15)22(34)35-7-2/h8-11,15,17-18H,6-7,29H2,1-5H3. The molecule has 3 rings (SSSR count). The van der Waals surface area contributed by atoms with E-state index in [-0.39, 0.29) is 33.8 Å². The summed E-state index contributed by atoms with van der Waals surface area (Å²) in [5, 5.41) is 0. The van der Waals surface area contributed by atoms with Crippen LogP contribution in [-0.4, -0.2) is 46.3 Å². The maximum Gasteiger partial charge on any atom is 0.416 e. The van der Waals surface area contributed by atoms with Crippen LogP contribution in [0.4, 0.5) is 23.7 Å². The number of nitrogens with zero attached hydrogens (tertiary/aromatic N) is 3. The zero-order valence-electron chi connectivity index (χ0n) is 20.5. The molecule has 1 aromatic carbocycles. The van der Waals surface area contributed by atoms with Crippen molar-refractivity contribution in [2.24, 2.45) is 5.73 Å². The van der Waals surface area contributed by atoms with E-state index >= 15 is 0 Å². The number of aromatic nitrogens is 2. The summed E-state index contributed by atoms with van der Waals surface area (Å²) in [5.74, 6) is -1.65. The number of alkyl halides is 3.